The maximum absolute atomic E-state index is 12.2. The van der Waals surface area contributed by atoms with Crippen LogP contribution in [0.2, 0.25) is 0 Å². The molecule has 5 nitrogen and oxygen atoms in total. The second kappa shape index (κ2) is 6.79. The van der Waals surface area contributed by atoms with Crippen LogP contribution < -0.4 is 5.73 Å². The van der Waals surface area contributed by atoms with Gasteiger partial charge in [0.15, 0.2) is 0 Å². The lowest BCUT2D eigenvalue weighted by atomic mass is 10.1. The summed E-state index contributed by atoms with van der Waals surface area (Å²) in [6.07, 6.45) is 2.66. The maximum atomic E-state index is 12.2. The van der Waals surface area contributed by atoms with E-state index in [4.69, 9.17) is 22.7 Å². The van der Waals surface area contributed by atoms with Gasteiger partial charge in [-0.3, -0.25) is 0 Å². The van der Waals surface area contributed by atoms with Gasteiger partial charge in [0.05, 0.1) is 11.1 Å². The van der Waals surface area contributed by atoms with E-state index >= 15 is 0 Å². The first-order chi connectivity index (χ1) is 8.39. The van der Waals surface area contributed by atoms with Crippen LogP contribution in [0.15, 0.2) is 0 Å². The fraction of sp³-hybridized carbons (Fsp3) is 0.909. The first-order valence-corrected chi connectivity index (χ1v) is 8.20. The second-order valence-electron chi connectivity index (χ2n) is 4.58. The molecule has 0 aliphatic carbocycles. The number of nitrogens with zero attached hydrogens (tertiary/aromatic N) is 1. The Kier molecular flexibility index (Phi) is 5.97. The Balaban J connectivity index is 2.68. The van der Waals surface area contributed by atoms with Gasteiger partial charge in [0.2, 0.25) is 10.0 Å². The third-order valence-electron chi connectivity index (χ3n) is 3.11. The van der Waals surface area contributed by atoms with Crippen LogP contribution in [0, 0.1) is 0 Å². The van der Waals surface area contributed by atoms with Crippen LogP contribution in [0.25, 0.3) is 0 Å². The smallest absolute Gasteiger partial charge is 0.223 e. The minimum atomic E-state index is -3.43. The molecule has 0 spiro atoms. The molecule has 2 atom stereocenters. The Morgan fingerprint density at radius 3 is 2.83 bits per heavy atom. The lowest BCUT2D eigenvalue weighted by molar-refractivity contribution is 0.0193. The van der Waals surface area contributed by atoms with E-state index in [0.717, 1.165) is 19.3 Å². The number of thiocarbonyl (C=S) groups is 1. The highest BCUT2D eigenvalue weighted by molar-refractivity contribution is 7.92. The Labute approximate surface area is 115 Å². The summed E-state index contributed by atoms with van der Waals surface area (Å²) in [5.41, 5.74) is 5.44. The highest BCUT2D eigenvalue weighted by atomic mass is 32.2. The number of sulfonamides is 1. The maximum Gasteiger partial charge on any atom is 0.223 e. The van der Waals surface area contributed by atoms with E-state index in [1.165, 1.54) is 11.2 Å². The largest absolute Gasteiger partial charge is 0.392 e. The molecular formula is C11H22N2O3S2. The number of nitrogens with two attached hydrogens (primary N) is 1. The molecule has 0 radical (unpaired) electrons. The fourth-order valence-electron chi connectivity index (χ4n) is 1.93. The van der Waals surface area contributed by atoms with E-state index in [-0.39, 0.29) is 11.1 Å². The van der Waals surface area contributed by atoms with Gasteiger partial charge in [0, 0.05) is 19.7 Å². The van der Waals surface area contributed by atoms with E-state index in [9.17, 15) is 8.42 Å². The summed E-state index contributed by atoms with van der Waals surface area (Å²) in [6.45, 7) is 5.18. The van der Waals surface area contributed by atoms with Crippen molar-refractivity contribution in [1.82, 2.24) is 4.31 Å². The van der Waals surface area contributed by atoms with Crippen LogP contribution in [-0.2, 0) is 14.8 Å². The summed E-state index contributed by atoms with van der Waals surface area (Å²) >= 11 is 4.78. The molecule has 7 heteroatoms. The summed E-state index contributed by atoms with van der Waals surface area (Å²) in [7, 11) is -3.43. The molecule has 2 N–H and O–H groups in total. The third-order valence-corrected chi connectivity index (χ3v) is 5.81. The van der Waals surface area contributed by atoms with E-state index in [0.29, 0.717) is 19.7 Å². The molecule has 18 heavy (non-hydrogen) atoms. The predicted molar refractivity (Wildman–Crippen MR) is 76.0 cm³/mol. The number of ether oxygens (including phenoxy) is 1. The molecule has 0 amide bonds. The summed E-state index contributed by atoms with van der Waals surface area (Å²) < 4.78 is 31.6. The second-order valence-corrected chi connectivity index (χ2v) is 7.31. The summed E-state index contributed by atoms with van der Waals surface area (Å²) in [5.74, 6) is 0. The van der Waals surface area contributed by atoms with E-state index in [2.05, 4.69) is 0 Å². The Morgan fingerprint density at radius 2 is 2.28 bits per heavy atom. The van der Waals surface area contributed by atoms with Crippen molar-refractivity contribution in [2.75, 3.05) is 19.7 Å². The molecule has 0 aromatic heterocycles. The first-order valence-electron chi connectivity index (χ1n) is 6.29. The third kappa shape index (κ3) is 3.88. The van der Waals surface area contributed by atoms with Gasteiger partial charge in [-0.2, -0.15) is 4.31 Å². The van der Waals surface area contributed by atoms with Gasteiger partial charge in [-0.25, -0.2) is 8.42 Å². The van der Waals surface area contributed by atoms with Gasteiger partial charge in [-0.15, -0.1) is 0 Å². The van der Waals surface area contributed by atoms with Gasteiger partial charge < -0.3 is 10.5 Å². The Hall–Kier alpha value is -0.240. The number of rotatable bonds is 6. The summed E-state index contributed by atoms with van der Waals surface area (Å²) in [4.78, 5) is 0.0200. The van der Waals surface area contributed by atoms with Crippen LogP contribution in [0.5, 0.6) is 0 Å². The minimum Gasteiger partial charge on any atom is -0.392 e. The van der Waals surface area contributed by atoms with Gasteiger partial charge in [0.25, 0.3) is 0 Å². The van der Waals surface area contributed by atoms with Crippen molar-refractivity contribution in [2.24, 2.45) is 5.73 Å². The van der Waals surface area contributed by atoms with Crippen molar-refractivity contribution >= 4 is 27.2 Å². The molecule has 1 rings (SSSR count). The molecule has 1 aliphatic heterocycles. The zero-order valence-electron chi connectivity index (χ0n) is 11.0. The van der Waals surface area contributed by atoms with Crippen molar-refractivity contribution in [3.05, 3.63) is 0 Å². The fourth-order valence-corrected chi connectivity index (χ4v) is 3.79. The van der Waals surface area contributed by atoms with Gasteiger partial charge in [-0.05, 0) is 26.2 Å². The van der Waals surface area contributed by atoms with Crippen molar-refractivity contribution in [3.8, 4) is 0 Å². The van der Waals surface area contributed by atoms with Gasteiger partial charge in [-0.1, -0.05) is 19.1 Å². The molecule has 1 heterocycles. The zero-order chi connectivity index (χ0) is 13.8. The monoisotopic (exact) mass is 294 g/mol. The van der Waals surface area contributed by atoms with Crippen LogP contribution >= 0.6 is 12.2 Å². The van der Waals surface area contributed by atoms with Crippen molar-refractivity contribution in [1.29, 1.82) is 0 Å². The van der Waals surface area contributed by atoms with E-state index in [1.807, 2.05) is 6.92 Å². The average molecular weight is 294 g/mol. The molecule has 1 aliphatic rings. The topological polar surface area (TPSA) is 72.6 Å². The molecule has 0 aromatic carbocycles. The van der Waals surface area contributed by atoms with E-state index in [1.54, 1.807) is 0 Å². The van der Waals surface area contributed by atoms with Crippen molar-refractivity contribution in [2.45, 2.75) is 44.5 Å². The quantitative estimate of drug-likeness (QED) is 0.736. The molecule has 0 bridgehead atoms. The number of hydrogen-bond donors (Lipinski definition) is 1. The zero-order valence-corrected chi connectivity index (χ0v) is 12.6. The molecule has 0 aromatic rings. The van der Waals surface area contributed by atoms with Crippen molar-refractivity contribution in [3.63, 3.8) is 0 Å². The molecule has 2 unspecified atom stereocenters. The van der Waals surface area contributed by atoms with Crippen LogP contribution in [0.4, 0.5) is 0 Å². The van der Waals surface area contributed by atoms with Crippen LogP contribution in [0.1, 0.15) is 33.1 Å². The summed E-state index contributed by atoms with van der Waals surface area (Å²) in [6, 6.07) is 0. The molecule has 106 valence electrons. The van der Waals surface area contributed by atoms with E-state index < -0.39 is 15.3 Å². The molecule has 0 saturated carbocycles. The number of piperidine rings is 1. The van der Waals surface area contributed by atoms with Crippen LogP contribution in [0.3, 0.4) is 0 Å². The number of hydrogen-bond acceptors (Lipinski definition) is 4. The lowest BCUT2D eigenvalue weighted by Gasteiger charge is -2.33. The van der Waals surface area contributed by atoms with Crippen LogP contribution in [-0.4, -0.2) is 48.8 Å². The minimum absolute atomic E-state index is 0.00739. The highest BCUT2D eigenvalue weighted by Crippen LogP contribution is 2.19. The predicted octanol–water partition coefficient (Wildman–Crippen LogP) is 0.882. The standard InChI is InChI=1S/C11H22N2O3S2/c1-3-7-16-10-5-4-6-13(8-10)18(14,15)9(2)11(12)17/h9-10H,3-8H2,1-2H3,(H2,12,17). The van der Waals surface area contributed by atoms with Crippen molar-refractivity contribution < 1.29 is 13.2 Å². The molecule has 1 saturated heterocycles. The SMILES string of the molecule is CCCOC1CCCN(S(=O)(=O)C(C)C(N)=S)C1. The van der Waals surface area contributed by atoms with Gasteiger partial charge >= 0.3 is 0 Å². The Morgan fingerprint density at radius 1 is 1.61 bits per heavy atom. The Bertz CT molecular complexity index is 384. The lowest BCUT2D eigenvalue weighted by Crippen LogP contribution is -2.49. The molecular weight excluding hydrogens is 272 g/mol. The average Bonchev–Trinajstić information content (AvgIpc) is 2.35. The normalized spacial score (nSPS) is 23.8. The highest BCUT2D eigenvalue weighted by Gasteiger charge is 2.34. The van der Waals surface area contributed by atoms with Gasteiger partial charge in [0.1, 0.15) is 5.25 Å². The molecule has 1 fully saturated rings. The first kappa shape index (κ1) is 15.8. The summed E-state index contributed by atoms with van der Waals surface area (Å²) in [5, 5.41) is -0.808.